The van der Waals surface area contributed by atoms with E-state index in [1.807, 2.05) is 13.8 Å². The number of carbonyl (C=O) groups excluding carboxylic acids is 1. The summed E-state index contributed by atoms with van der Waals surface area (Å²) in [4.78, 5) is 23.6. The normalized spacial score (nSPS) is 11.0. The molecule has 0 saturated carbocycles. The molecule has 0 aliphatic carbocycles. The molecule has 0 spiro atoms. The first-order chi connectivity index (χ1) is 12.3. The average molecular weight is 353 g/mol. The number of nitrogens with two attached hydrogens (primary N) is 1. The van der Waals surface area contributed by atoms with Crippen molar-refractivity contribution in [3.05, 3.63) is 58.3 Å². The Morgan fingerprint density at radius 3 is 2.50 bits per heavy atom. The van der Waals surface area contributed by atoms with Crippen LogP contribution >= 0.6 is 0 Å². The van der Waals surface area contributed by atoms with Crippen molar-refractivity contribution >= 4 is 16.9 Å². The van der Waals surface area contributed by atoms with E-state index in [9.17, 15) is 14.7 Å². The summed E-state index contributed by atoms with van der Waals surface area (Å²) in [5.74, 6) is -0.215. The van der Waals surface area contributed by atoms with Crippen LogP contribution in [0.1, 0.15) is 19.4 Å². The van der Waals surface area contributed by atoms with E-state index in [0.29, 0.717) is 22.5 Å². The number of ether oxygens (including phenoxy) is 1. The zero-order chi connectivity index (χ0) is 18.8. The second kappa shape index (κ2) is 6.92. The SMILES string of the molecule is CC(C)Oc1ccc(-c2oc3ccc(CC(N)=O)cc3c(=O)c2O)cc1. The minimum absolute atomic E-state index is 0.00913. The molecular weight excluding hydrogens is 334 g/mol. The number of rotatable bonds is 5. The third kappa shape index (κ3) is 3.54. The zero-order valence-corrected chi connectivity index (χ0v) is 14.5. The van der Waals surface area contributed by atoms with Crippen molar-refractivity contribution in [2.75, 3.05) is 0 Å². The van der Waals surface area contributed by atoms with Crippen molar-refractivity contribution in [1.82, 2.24) is 0 Å². The van der Waals surface area contributed by atoms with Crippen molar-refractivity contribution < 1.29 is 19.1 Å². The highest BCUT2D eigenvalue weighted by atomic mass is 16.5. The second-order valence-electron chi connectivity index (χ2n) is 6.27. The maximum absolute atomic E-state index is 12.5. The summed E-state index contributed by atoms with van der Waals surface area (Å²) in [5.41, 5.74) is 6.07. The smallest absolute Gasteiger partial charge is 0.235 e. The lowest BCUT2D eigenvalue weighted by molar-refractivity contribution is -0.117. The van der Waals surface area contributed by atoms with Gasteiger partial charge in [0.1, 0.15) is 11.3 Å². The molecule has 0 aliphatic rings. The van der Waals surface area contributed by atoms with Gasteiger partial charge in [-0.2, -0.15) is 0 Å². The Kier molecular flexibility index (Phi) is 4.67. The molecule has 26 heavy (non-hydrogen) atoms. The van der Waals surface area contributed by atoms with Crippen molar-refractivity contribution in [3.8, 4) is 22.8 Å². The lowest BCUT2D eigenvalue weighted by Gasteiger charge is -2.11. The second-order valence-corrected chi connectivity index (χ2v) is 6.27. The molecule has 134 valence electrons. The van der Waals surface area contributed by atoms with Crippen LogP contribution < -0.4 is 15.9 Å². The van der Waals surface area contributed by atoms with Gasteiger partial charge in [-0.3, -0.25) is 9.59 Å². The quantitative estimate of drug-likeness (QED) is 0.734. The molecule has 3 aromatic rings. The summed E-state index contributed by atoms with van der Waals surface area (Å²) in [5, 5.41) is 10.5. The van der Waals surface area contributed by atoms with E-state index in [1.54, 1.807) is 36.4 Å². The van der Waals surface area contributed by atoms with Crippen LogP contribution in [0.5, 0.6) is 11.5 Å². The fourth-order valence-corrected chi connectivity index (χ4v) is 2.70. The number of benzene rings is 2. The average Bonchev–Trinajstić information content (AvgIpc) is 2.58. The summed E-state index contributed by atoms with van der Waals surface area (Å²) in [6, 6.07) is 11.7. The largest absolute Gasteiger partial charge is 0.502 e. The van der Waals surface area contributed by atoms with Gasteiger partial charge in [0, 0.05) is 5.56 Å². The first-order valence-electron chi connectivity index (χ1n) is 8.19. The minimum atomic E-state index is -0.560. The standard InChI is InChI=1S/C20H19NO5/c1-11(2)25-14-6-4-13(5-7-14)20-19(24)18(23)15-9-12(10-17(21)22)3-8-16(15)26-20/h3-9,11,24H,10H2,1-2H3,(H2,21,22). The number of hydrogen-bond acceptors (Lipinski definition) is 5. The molecule has 0 bridgehead atoms. The maximum Gasteiger partial charge on any atom is 0.235 e. The van der Waals surface area contributed by atoms with Gasteiger partial charge in [-0.1, -0.05) is 6.07 Å². The lowest BCUT2D eigenvalue weighted by Crippen LogP contribution is -2.14. The monoisotopic (exact) mass is 353 g/mol. The molecule has 3 N–H and O–H groups in total. The van der Waals surface area contributed by atoms with E-state index in [-0.39, 0.29) is 23.7 Å². The lowest BCUT2D eigenvalue weighted by atomic mass is 10.1. The van der Waals surface area contributed by atoms with E-state index in [1.165, 1.54) is 6.07 Å². The molecule has 0 unspecified atom stereocenters. The predicted molar refractivity (Wildman–Crippen MR) is 98.2 cm³/mol. The Morgan fingerprint density at radius 1 is 1.19 bits per heavy atom. The van der Waals surface area contributed by atoms with Gasteiger partial charge in [0.15, 0.2) is 5.76 Å². The van der Waals surface area contributed by atoms with Gasteiger partial charge in [-0.15, -0.1) is 0 Å². The Labute approximate surface area is 149 Å². The Balaban J connectivity index is 2.06. The van der Waals surface area contributed by atoms with Crippen LogP contribution in [-0.4, -0.2) is 17.1 Å². The van der Waals surface area contributed by atoms with Gasteiger partial charge in [0.05, 0.1) is 17.9 Å². The van der Waals surface area contributed by atoms with Crippen molar-refractivity contribution in [3.63, 3.8) is 0 Å². The van der Waals surface area contributed by atoms with Gasteiger partial charge in [0.2, 0.25) is 17.1 Å². The molecule has 0 atom stereocenters. The van der Waals surface area contributed by atoms with Crippen molar-refractivity contribution in [2.24, 2.45) is 5.73 Å². The van der Waals surface area contributed by atoms with Crippen LogP contribution in [-0.2, 0) is 11.2 Å². The van der Waals surface area contributed by atoms with E-state index >= 15 is 0 Å². The molecule has 1 aromatic heterocycles. The van der Waals surface area contributed by atoms with Crippen LogP contribution in [0, 0.1) is 0 Å². The molecule has 2 aromatic carbocycles. The predicted octanol–water partition coefficient (Wildman–Crippen LogP) is 2.98. The number of aromatic hydroxyl groups is 1. The molecule has 6 nitrogen and oxygen atoms in total. The Morgan fingerprint density at radius 2 is 1.88 bits per heavy atom. The molecule has 0 saturated heterocycles. The molecule has 0 fully saturated rings. The zero-order valence-electron chi connectivity index (χ0n) is 14.5. The van der Waals surface area contributed by atoms with Gasteiger partial charge in [-0.25, -0.2) is 0 Å². The first kappa shape index (κ1) is 17.5. The molecule has 1 amide bonds. The number of fused-ring (bicyclic) bond motifs is 1. The van der Waals surface area contributed by atoms with Crippen LogP contribution in [0.15, 0.2) is 51.7 Å². The topological polar surface area (TPSA) is 103 Å². The van der Waals surface area contributed by atoms with Crippen molar-refractivity contribution in [2.45, 2.75) is 26.4 Å². The Bertz CT molecular complexity index is 1020. The van der Waals surface area contributed by atoms with Crippen LogP contribution in [0.4, 0.5) is 0 Å². The molecule has 3 rings (SSSR count). The highest BCUT2D eigenvalue weighted by Crippen LogP contribution is 2.31. The molecular formula is C20H19NO5. The summed E-state index contributed by atoms with van der Waals surface area (Å²) < 4.78 is 11.3. The third-order valence-corrected chi connectivity index (χ3v) is 3.80. The van der Waals surface area contributed by atoms with Crippen LogP contribution in [0.3, 0.4) is 0 Å². The molecule has 0 radical (unpaired) electrons. The number of hydrogen-bond donors (Lipinski definition) is 2. The highest BCUT2D eigenvalue weighted by Gasteiger charge is 2.16. The summed E-state index contributed by atoms with van der Waals surface area (Å²) in [7, 11) is 0. The van der Waals surface area contributed by atoms with Crippen LogP contribution in [0.25, 0.3) is 22.3 Å². The molecule has 1 heterocycles. The van der Waals surface area contributed by atoms with Gasteiger partial charge in [0.25, 0.3) is 0 Å². The minimum Gasteiger partial charge on any atom is -0.502 e. The summed E-state index contributed by atoms with van der Waals surface area (Å²) in [6.45, 7) is 3.85. The number of primary amides is 1. The Hall–Kier alpha value is -3.28. The fourth-order valence-electron chi connectivity index (χ4n) is 2.70. The third-order valence-electron chi connectivity index (χ3n) is 3.80. The molecule has 6 heteroatoms. The van der Waals surface area contributed by atoms with Gasteiger partial charge in [-0.05, 0) is 55.8 Å². The number of amides is 1. The van der Waals surface area contributed by atoms with Gasteiger partial charge < -0.3 is 20.0 Å². The van der Waals surface area contributed by atoms with E-state index in [0.717, 1.165) is 0 Å². The highest BCUT2D eigenvalue weighted by molar-refractivity contribution is 5.84. The first-order valence-corrected chi connectivity index (χ1v) is 8.19. The van der Waals surface area contributed by atoms with Crippen molar-refractivity contribution in [1.29, 1.82) is 0 Å². The van der Waals surface area contributed by atoms with E-state index in [2.05, 4.69) is 0 Å². The summed E-state index contributed by atoms with van der Waals surface area (Å²) in [6.07, 6.45) is 0.0531. The fraction of sp³-hybridized carbons (Fsp3) is 0.200. The van der Waals surface area contributed by atoms with E-state index in [4.69, 9.17) is 14.9 Å². The number of carbonyl (C=O) groups is 1. The van der Waals surface area contributed by atoms with E-state index < -0.39 is 17.1 Å². The van der Waals surface area contributed by atoms with Crippen LogP contribution in [0.2, 0.25) is 0 Å². The summed E-state index contributed by atoms with van der Waals surface area (Å²) >= 11 is 0. The molecule has 0 aliphatic heterocycles. The maximum atomic E-state index is 12.5. The van der Waals surface area contributed by atoms with Gasteiger partial charge >= 0.3 is 0 Å².